The molecule has 4 fully saturated rings. The minimum atomic E-state index is -1.03. The number of aromatic nitrogens is 6. The van der Waals surface area contributed by atoms with Crippen molar-refractivity contribution in [1.82, 2.24) is 29.8 Å². The Labute approximate surface area is 348 Å². The average Bonchev–Trinajstić information content (AvgIpc) is 3.90. The molecule has 13 nitrogen and oxygen atoms in total. The summed E-state index contributed by atoms with van der Waals surface area (Å²) in [6, 6.07) is 6.06. The van der Waals surface area contributed by atoms with E-state index in [0.29, 0.717) is 76.8 Å². The summed E-state index contributed by atoms with van der Waals surface area (Å²) in [5.41, 5.74) is 9.27. The normalized spacial score (nSPS) is 23.3. The molecule has 13 heteroatoms. The van der Waals surface area contributed by atoms with Gasteiger partial charge in [0, 0.05) is 45.9 Å². The molecule has 4 aromatic heterocycles. The van der Waals surface area contributed by atoms with E-state index >= 15 is 0 Å². The van der Waals surface area contributed by atoms with Crippen LogP contribution in [0.5, 0.6) is 0 Å². The second-order valence-corrected chi connectivity index (χ2v) is 19.2. The van der Waals surface area contributed by atoms with Gasteiger partial charge in [-0.1, -0.05) is 37.5 Å². The van der Waals surface area contributed by atoms with E-state index < -0.39 is 35.9 Å². The number of imidazole rings is 2. The van der Waals surface area contributed by atoms with Crippen molar-refractivity contribution in [1.29, 1.82) is 0 Å². The first-order valence-corrected chi connectivity index (χ1v) is 21.9. The summed E-state index contributed by atoms with van der Waals surface area (Å²) in [5.74, 6) is 2.55. The Morgan fingerprint density at radius 2 is 1.48 bits per heavy atom. The van der Waals surface area contributed by atoms with E-state index in [1.165, 1.54) is 0 Å². The maximum Gasteiger partial charge on any atom is 0.420 e. The number of aliphatic hydroxyl groups is 3. The summed E-state index contributed by atoms with van der Waals surface area (Å²) >= 11 is 0. The number of nitrogens with one attached hydrogen (secondary N) is 1. The summed E-state index contributed by atoms with van der Waals surface area (Å²) in [5, 5.41) is 44.5. The van der Waals surface area contributed by atoms with Gasteiger partial charge in [-0.25, -0.2) is 19.3 Å². The maximum atomic E-state index is 15.0. The van der Waals surface area contributed by atoms with Gasteiger partial charge in [-0.15, -0.1) is 0 Å². The van der Waals surface area contributed by atoms with Crippen LogP contribution < -0.4 is 0 Å². The van der Waals surface area contributed by atoms with Crippen LogP contribution in [0, 0.1) is 39.5 Å². The first-order chi connectivity index (χ1) is 28.7. The summed E-state index contributed by atoms with van der Waals surface area (Å²) in [4.78, 5) is 28.8. The van der Waals surface area contributed by atoms with Crippen LogP contribution in [0.25, 0.3) is 44.3 Å². The molecule has 4 heterocycles. The van der Waals surface area contributed by atoms with Gasteiger partial charge in [0.15, 0.2) is 0 Å². The second kappa shape index (κ2) is 14.4. The standard InChI is InChI=1S/C47H56N6O7/c1-21-36(23(3)59-51-21)27-18-31(40-32(19-27)48-44(49-40)25-14-15-25)42(55)29-11-9-13-35(29)58-46(57)53-33-20-30(37-22(2)52-60-24(37)4)39(47(5,6)7)38(41(33)50-45(53)26-16-17-26)43(56)28-10-8-12-34(28)54/h18-20,25-26,28-29,34-35,42-43,54-56H,8-17H2,1-7H3,(H,48,49). The van der Waals surface area contributed by atoms with Gasteiger partial charge < -0.3 is 34.1 Å². The van der Waals surface area contributed by atoms with Gasteiger partial charge in [-0.2, -0.15) is 0 Å². The molecule has 4 saturated carbocycles. The van der Waals surface area contributed by atoms with Gasteiger partial charge in [-0.05, 0) is 126 Å². The third kappa shape index (κ3) is 6.50. The molecule has 4 aliphatic carbocycles. The number of nitrogens with zero attached hydrogens (tertiary/aromatic N) is 5. The van der Waals surface area contributed by atoms with E-state index in [0.717, 1.165) is 88.9 Å². The topological polar surface area (TPSA) is 186 Å². The molecule has 4 N–H and O–H groups in total. The predicted molar refractivity (Wildman–Crippen MR) is 225 cm³/mol. The maximum absolute atomic E-state index is 15.0. The molecule has 6 unspecified atom stereocenters. The monoisotopic (exact) mass is 816 g/mol. The van der Waals surface area contributed by atoms with Crippen LogP contribution in [0.3, 0.4) is 0 Å². The average molecular weight is 817 g/mol. The molecule has 60 heavy (non-hydrogen) atoms. The molecule has 0 radical (unpaired) electrons. The molecule has 2 aromatic carbocycles. The molecule has 0 saturated heterocycles. The van der Waals surface area contributed by atoms with Crippen molar-refractivity contribution in [3.8, 4) is 22.3 Å². The highest BCUT2D eigenvalue weighted by molar-refractivity contribution is 5.95. The van der Waals surface area contributed by atoms with Crippen molar-refractivity contribution < 1.29 is 33.9 Å². The molecule has 0 spiro atoms. The molecule has 4 aliphatic rings. The Morgan fingerprint density at radius 3 is 2.10 bits per heavy atom. The number of fused-ring (bicyclic) bond motifs is 2. The van der Waals surface area contributed by atoms with Gasteiger partial charge in [-0.3, -0.25) is 0 Å². The van der Waals surface area contributed by atoms with Crippen molar-refractivity contribution in [3.05, 3.63) is 69.4 Å². The van der Waals surface area contributed by atoms with Crippen LogP contribution in [0.15, 0.2) is 27.2 Å². The fraction of sp³-hybridized carbons (Fsp3) is 0.553. The van der Waals surface area contributed by atoms with Crippen LogP contribution in [0.2, 0.25) is 0 Å². The first-order valence-electron chi connectivity index (χ1n) is 21.9. The molecule has 0 bridgehead atoms. The first kappa shape index (κ1) is 39.3. The van der Waals surface area contributed by atoms with Crippen LogP contribution in [-0.2, 0) is 10.2 Å². The Balaban J connectivity index is 1.08. The summed E-state index contributed by atoms with van der Waals surface area (Å²) in [7, 11) is 0. The van der Waals surface area contributed by atoms with Crippen molar-refractivity contribution in [2.75, 3.05) is 0 Å². The number of aromatic amines is 1. The number of rotatable bonds is 9. The van der Waals surface area contributed by atoms with Crippen molar-refractivity contribution >= 4 is 28.2 Å². The predicted octanol–water partition coefficient (Wildman–Crippen LogP) is 9.59. The fourth-order valence-corrected chi connectivity index (χ4v) is 10.6. The number of benzene rings is 2. The van der Waals surface area contributed by atoms with Crippen molar-refractivity contribution in [3.63, 3.8) is 0 Å². The van der Waals surface area contributed by atoms with Gasteiger partial charge in [0.1, 0.15) is 29.3 Å². The number of H-pyrrole nitrogens is 1. The van der Waals surface area contributed by atoms with E-state index in [9.17, 15) is 20.1 Å². The number of aliphatic hydroxyl groups excluding tert-OH is 3. The van der Waals surface area contributed by atoms with E-state index in [4.69, 9.17) is 23.8 Å². The lowest BCUT2D eigenvalue weighted by Gasteiger charge is -2.32. The summed E-state index contributed by atoms with van der Waals surface area (Å²) in [6.07, 6.45) is 4.33. The highest BCUT2D eigenvalue weighted by Crippen LogP contribution is 2.50. The number of hydrogen-bond donors (Lipinski definition) is 4. The largest absolute Gasteiger partial charge is 0.445 e. The fourth-order valence-electron chi connectivity index (χ4n) is 10.6. The zero-order valence-electron chi connectivity index (χ0n) is 35.6. The zero-order valence-corrected chi connectivity index (χ0v) is 35.6. The van der Waals surface area contributed by atoms with E-state index in [1.807, 2.05) is 39.8 Å². The number of ether oxygens (including phenoxy) is 1. The molecule has 6 atom stereocenters. The van der Waals surface area contributed by atoms with Crippen LogP contribution >= 0.6 is 0 Å². The van der Waals surface area contributed by atoms with Crippen molar-refractivity contribution in [2.45, 2.75) is 154 Å². The second-order valence-electron chi connectivity index (χ2n) is 19.2. The minimum Gasteiger partial charge on any atom is -0.445 e. The number of aryl methyl sites for hydroxylation is 4. The van der Waals surface area contributed by atoms with Gasteiger partial charge in [0.05, 0.1) is 51.8 Å². The Hall–Kier alpha value is -4.85. The molecule has 316 valence electrons. The summed E-state index contributed by atoms with van der Waals surface area (Å²) in [6.45, 7) is 13.9. The Kier molecular flexibility index (Phi) is 9.42. The lowest BCUT2D eigenvalue weighted by molar-refractivity contribution is 0.0163. The van der Waals surface area contributed by atoms with E-state index in [1.54, 1.807) is 4.57 Å². The molecular weight excluding hydrogens is 761 g/mol. The third-order valence-corrected chi connectivity index (χ3v) is 13.8. The number of carbonyl (C=O) groups is 1. The lowest BCUT2D eigenvalue weighted by Crippen LogP contribution is -2.30. The third-order valence-electron chi connectivity index (χ3n) is 13.8. The van der Waals surface area contributed by atoms with E-state index in [2.05, 4.69) is 42.1 Å². The molecule has 0 aliphatic heterocycles. The minimum absolute atomic E-state index is 0.0539. The highest BCUT2D eigenvalue weighted by Gasteiger charge is 2.43. The Morgan fingerprint density at radius 1 is 0.817 bits per heavy atom. The van der Waals surface area contributed by atoms with E-state index in [-0.39, 0.29) is 17.8 Å². The number of hydrogen-bond acceptors (Lipinski definition) is 11. The molecule has 6 aromatic rings. The van der Waals surface area contributed by atoms with Gasteiger partial charge in [0.2, 0.25) is 0 Å². The van der Waals surface area contributed by atoms with Crippen LogP contribution in [-0.4, -0.2) is 63.5 Å². The van der Waals surface area contributed by atoms with Gasteiger partial charge in [0.25, 0.3) is 0 Å². The Bertz CT molecular complexity index is 2610. The molecule has 0 amide bonds. The highest BCUT2D eigenvalue weighted by atomic mass is 16.6. The van der Waals surface area contributed by atoms with Crippen molar-refractivity contribution in [2.24, 2.45) is 11.8 Å². The quantitative estimate of drug-likeness (QED) is 0.109. The van der Waals surface area contributed by atoms with Crippen LogP contribution in [0.1, 0.15) is 160 Å². The summed E-state index contributed by atoms with van der Waals surface area (Å²) < 4.78 is 19.5. The van der Waals surface area contributed by atoms with Gasteiger partial charge >= 0.3 is 6.09 Å². The molecule has 10 rings (SSSR count). The smallest absolute Gasteiger partial charge is 0.420 e. The molecular formula is C47H56N6O7. The number of carbonyl (C=O) groups excluding carboxylic acids is 1. The SMILES string of the molecule is Cc1noc(C)c1-c1cc(C(O)C2CCCC2OC(=O)n2c(C3CC3)nc3c(C(O)C4CCCC4O)c(C(C)(C)C)c(-c4c(C)noc4C)cc32)c2nc(C3CC3)[nH]c2c1. The lowest BCUT2D eigenvalue weighted by atomic mass is 9.75. The zero-order chi connectivity index (χ0) is 41.9. The van der Waals surface area contributed by atoms with Crippen LogP contribution in [0.4, 0.5) is 4.79 Å².